The van der Waals surface area contributed by atoms with E-state index < -0.39 is 39.3 Å². The largest absolute Gasteiger partial charge is 0.516 e. The first-order chi connectivity index (χ1) is 12.1. The minimum Gasteiger partial charge on any atom is -0.452 e. The molecule has 10 heteroatoms. The van der Waals surface area contributed by atoms with Gasteiger partial charge in [0.05, 0.1) is 12.2 Å². The zero-order valence-corrected chi connectivity index (χ0v) is 14.4. The Morgan fingerprint density at radius 2 is 1.81 bits per heavy atom. The van der Waals surface area contributed by atoms with Gasteiger partial charge in [0.15, 0.2) is 17.3 Å². The third-order valence-corrected chi connectivity index (χ3v) is 4.79. The summed E-state index contributed by atoms with van der Waals surface area (Å²) in [6.07, 6.45) is 5.01. The Hall–Kier alpha value is -2.44. The van der Waals surface area contributed by atoms with Crippen LogP contribution in [-0.4, -0.2) is 20.5 Å². The molecule has 0 radical (unpaired) electrons. The second-order valence-corrected chi connectivity index (χ2v) is 7.10. The van der Waals surface area contributed by atoms with Crippen LogP contribution in [-0.2, 0) is 10.0 Å². The second kappa shape index (κ2) is 7.43. The summed E-state index contributed by atoms with van der Waals surface area (Å²) in [5, 5.41) is 0.0325. The molecule has 0 aliphatic heterocycles. The lowest BCUT2D eigenvalue weighted by Gasteiger charge is -2.25. The summed E-state index contributed by atoms with van der Waals surface area (Å²) in [5.41, 5.74) is -6.13. The minimum atomic E-state index is -5.82. The maximum atomic E-state index is 13.8. The van der Waals surface area contributed by atoms with Crippen molar-refractivity contribution in [2.45, 2.75) is 5.51 Å². The summed E-state index contributed by atoms with van der Waals surface area (Å²) >= 11 is 5.80. The predicted molar refractivity (Wildman–Crippen MR) is 89.1 cm³/mol. The van der Waals surface area contributed by atoms with Crippen LogP contribution in [0.1, 0.15) is 0 Å². The normalized spacial score (nSPS) is 11.7. The van der Waals surface area contributed by atoms with E-state index in [0.717, 1.165) is 24.3 Å². The number of benzene rings is 2. The van der Waals surface area contributed by atoms with Gasteiger partial charge in [0.2, 0.25) is 0 Å². The van der Waals surface area contributed by atoms with Gasteiger partial charge >= 0.3 is 15.5 Å². The van der Waals surface area contributed by atoms with Crippen molar-refractivity contribution < 1.29 is 30.7 Å². The van der Waals surface area contributed by atoms with Gasteiger partial charge in [-0.05, 0) is 24.3 Å². The molecule has 2 aromatic carbocycles. The number of halogens is 5. The Morgan fingerprint density at radius 3 is 2.38 bits per heavy atom. The lowest BCUT2D eigenvalue weighted by molar-refractivity contribution is -0.0437. The number of hydrogen-bond donors (Lipinski definition) is 0. The van der Waals surface area contributed by atoms with E-state index in [1.165, 1.54) is 18.2 Å². The van der Waals surface area contributed by atoms with Crippen molar-refractivity contribution in [1.82, 2.24) is 0 Å². The summed E-state index contributed by atoms with van der Waals surface area (Å²) in [6, 6.07) is 8.27. The Kier molecular flexibility index (Phi) is 5.68. The first kappa shape index (κ1) is 19.9. The van der Waals surface area contributed by atoms with Crippen molar-refractivity contribution in [2.24, 2.45) is 0 Å². The van der Waals surface area contributed by atoms with Crippen LogP contribution >= 0.6 is 11.6 Å². The molecule has 2 rings (SSSR count). The smallest absolute Gasteiger partial charge is 0.452 e. The summed E-state index contributed by atoms with van der Waals surface area (Å²) in [4.78, 5) is 0. The average molecular weight is 408 g/mol. The van der Waals surface area contributed by atoms with Crippen molar-refractivity contribution in [2.75, 3.05) is 10.8 Å². The van der Waals surface area contributed by atoms with Gasteiger partial charge in [-0.25, -0.2) is 8.70 Å². The first-order valence-electron chi connectivity index (χ1n) is 6.82. The molecule has 26 heavy (non-hydrogen) atoms. The van der Waals surface area contributed by atoms with Crippen molar-refractivity contribution in [3.63, 3.8) is 0 Å². The number of terminal acetylenes is 1. The number of sulfonamides is 1. The SMILES string of the molecule is C#CCN(c1ccc(Cl)cc1Oc1ccccc1F)S(=O)(=O)C(F)(F)F. The molecule has 0 saturated heterocycles. The highest BCUT2D eigenvalue weighted by Crippen LogP contribution is 2.39. The maximum absolute atomic E-state index is 13.8. The Balaban J connectivity index is 2.61. The number of alkyl halides is 3. The molecule has 0 fully saturated rings. The van der Waals surface area contributed by atoms with Crippen LogP contribution in [0.5, 0.6) is 11.5 Å². The van der Waals surface area contributed by atoms with Crippen LogP contribution < -0.4 is 9.04 Å². The van der Waals surface area contributed by atoms with E-state index in [1.54, 1.807) is 0 Å². The number of nitrogens with zero attached hydrogens (tertiary/aromatic N) is 1. The van der Waals surface area contributed by atoms with E-state index in [-0.39, 0.29) is 15.1 Å². The van der Waals surface area contributed by atoms with Crippen molar-refractivity contribution in [3.05, 3.63) is 53.3 Å². The van der Waals surface area contributed by atoms with Crippen LogP contribution in [0, 0.1) is 18.2 Å². The fraction of sp³-hybridized carbons (Fsp3) is 0.125. The summed E-state index contributed by atoms with van der Waals surface area (Å²) < 4.78 is 81.6. The van der Waals surface area contributed by atoms with E-state index in [9.17, 15) is 26.0 Å². The highest BCUT2D eigenvalue weighted by atomic mass is 35.5. The van der Waals surface area contributed by atoms with Crippen LogP contribution in [0.15, 0.2) is 42.5 Å². The first-order valence-corrected chi connectivity index (χ1v) is 8.64. The highest BCUT2D eigenvalue weighted by molar-refractivity contribution is 7.93. The second-order valence-electron chi connectivity index (χ2n) is 4.81. The van der Waals surface area contributed by atoms with E-state index in [1.807, 2.05) is 5.92 Å². The number of para-hydroxylation sites is 1. The van der Waals surface area contributed by atoms with Gasteiger partial charge in [-0.3, -0.25) is 0 Å². The van der Waals surface area contributed by atoms with Crippen LogP contribution in [0.25, 0.3) is 0 Å². The molecule has 0 N–H and O–H groups in total. The fourth-order valence-corrected chi connectivity index (χ4v) is 3.00. The summed E-state index contributed by atoms with van der Waals surface area (Å²) in [7, 11) is -5.82. The molecule has 0 amide bonds. The molecule has 0 aromatic heterocycles. The van der Waals surface area contributed by atoms with E-state index >= 15 is 0 Å². The molecule has 0 heterocycles. The number of ether oxygens (including phenoxy) is 1. The molecule has 0 spiro atoms. The van der Waals surface area contributed by atoms with Crippen molar-refractivity contribution in [3.8, 4) is 23.8 Å². The third-order valence-electron chi connectivity index (χ3n) is 3.06. The minimum absolute atomic E-state index is 0.0325. The Morgan fingerprint density at radius 1 is 1.15 bits per heavy atom. The van der Waals surface area contributed by atoms with E-state index in [2.05, 4.69) is 0 Å². The maximum Gasteiger partial charge on any atom is 0.516 e. The van der Waals surface area contributed by atoms with Crippen molar-refractivity contribution >= 4 is 27.3 Å². The van der Waals surface area contributed by atoms with Crippen LogP contribution in [0.3, 0.4) is 0 Å². The lowest BCUT2D eigenvalue weighted by atomic mass is 10.2. The molecule has 0 atom stereocenters. The van der Waals surface area contributed by atoms with Gasteiger partial charge in [-0.1, -0.05) is 29.7 Å². The molecule has 0 unspecified atom stereocenters. The fourth-order valence-electron chi connectivity index (χ4n) is 1.93. The standard InChI is InChI=1S/C16H10ClF4NO3S/c1-2-9-22(26(23,24)16(19,20)21)13-8-7-11(17)10-15(13)25-14-6-4-3-5-12(14)18/h1,3-8,10H,9H2. The molecular weight excluding hydrogens is 398 g/mol. The highest BCUT2D eigenvalue weighted by Gasteiger charge is 2.50. The van der Waals surface area contributed by atoms with Gasteiger partial charge in [0.1, 0.15) is 0 Å². The topological polar surface area (TPSA) is 46.6 Å². The molecular formula is C16H10ClF4NO3S. The van der Waals surface area contributed by atoms with Crippen LogP contribution in [0.2, 0.25) is 5.02 Å². The molecule has 4 nitrogen and oxygen atoms in total. The number of hydrogen-bond acceptors (Lipinski definition) is 3. The zero-order chi connectivity index (χ0) is 19.5. The van der Waals surface area contributed by atoms with Gasteiger partial charge in [0.25, 0.3) is 0 Å². The van der Waals surface area contributed by atoms with Gasteiger partial charge in [-0.15, -0.1) is 6.42 Å². The molecule has 138 valence electrons. The van der Waals surface area contributed by atoms with E-state index in [0.29, 0.717) is 0 Å². The summed E-state index contributed by atoms with van der Waals surface area (Å²) in [6.45, 7) is -0.920. The monoisotopic (exact) mass is 407 g/mol. The number of anilines is 1. The third kappa shape index (κ3) is 4.03. The lowest BCUT2D eigenvalue weighted by Crippen LogP contribution is -2.41. The van der Waals surface area contributed by atoms with Gasteiger partial charge in [-0.2, -0.15) is 21.6 Å². The Labute approximate surface area is 152 Å². The van der Waals surface area contributed by atoms with E-state index in [4.69, 9.17) is 22.8 Å². The average Bonchev–Trinajstić information content (AvgIpc) is 2.54. The summed E-state index contributed by atoms with van der Waals surface area (Å²) in [5.74, 6) is 0.297. The van der Waals surface area contributed by atoms with Gasteiger partial charge in [0, 0.05) is 11.1 Å². The quantitative estimate of drug-likeness (QED) is 0.539. The predicted octanol–water partition coefficient (Wildman–Crippen LogP) is 4.56. The van der Waals surface area contributed by atoms with Crippen LogP contribution in [0.4, 0.5) is 23.2 Å². The molecule has 0 aliphatic carbocycles. The zero-order valence-electron chi connectivity index (χ0n) is 12.8. The van der Waals surface area contributed by atoms with Gasteiger partial charge < -0.3 is 4.74 Å². The Bertz CT molecular complexity index is 955. The molecule has 0 saturated carbocycles. The van der Waals surface area contributed by atoms with Crippen molar-refractivity contribution in [1.29, 1.82) is 0 Å². The number of rotatable bonds is 5. The molecule has 0 bridgehead atoms. The molecule has 2 aromatic rings. The molecule has 0 aliphatic rings.